The van der Waals surface area contributed by atoms with Gasteiger partial charge in [-0.2, -0.15) is 5.43 Å². The molecule has 2 aliphatic rings. The molecule has 2 rings (SSSR count). The van der Waals surface area contributed by atoms with Gasteiger partial charge in [-0.1, -0.05) is 29.4 Å². The molecule has 0 saturated carbocycles. The lowest BCUT2D eigenvalue weighted by atomic mass is 10.1. The van der Waals surface area contributed by atoms with Crippen molar-refractivity contribution in [2.45, 2.75) is 33.1 Å². The fraction of sp³-hybridized carbons (Fsp3) is 0.391. The van der Waals surface area contributed by atoms with Crippen LogP contribution in [0.15, 0.2) is 24.3 Å². The topological polar surface area (TPSA) is 163 Å². The number of rotatable bonds is 13. The Morgan fingerprint density at radius 2 is 1.53 bits per heavy atom. The number of nitrogens with two attached hydrogens (primary N) is 2. The molecule has 0 aromatic rings. The lowest BCUT2D eigenvalue weighted by Gasteiger charge is -2.19. The molecule has 0 heterocycles. The van der Waals surface area contributed by atoms with Crippen LogP contribution in [0.4, 0.5) is 5.69 Å². The molecule has 2 aliphatic carbocycles. The molecule has 0 aromatic heterocycles. The number of nitrogen functional groups attached to an aromatic ring is 1. The van der Waals surface area contributed by atoms with Crippen LogP contribution in [-0.2, 0) is 30.3 Å². The summed E-state index contributed by atoms with van der Waals surface area (Å²) < 4.78 is 10.2. The summed E-state index contributed by atoms with van der Waals surface area (Å²) in [6.45, 7) is 4.61. The summed E-state index contributed by atoms with van der Waals surface area (Å²) >= 11 is 0. The second-order valence-corrected chi connectivity index (χ2v) is 7.14. The van der Waals surface area contributed by atoms with Gasteiger partial charge >= 0.3 is 18.4 Å². The second-order valence-electron chi connectivity index (χ2n) is 7.14. The number of ether oxygens (including phenoxy) is 2. The van der Waals surface area contributed by atoms with Crippen LogP contribution in [0.5, 0.6) is 0 Å². The summed E-state index contributed by atoms with van der Waals surface area (Å²) in [4.78, 5) is 53.3. The number of anilines is 1. The zero-order valence-electron chi connectivity index (χ0n) is 19.3. The highest BCUT2D eigenvalue weighted by molar-refractivity contribution is 6.15. The fourth-order valence-electron chi connectivity index (χ4n) is 3.35. The molecule has 11 heteroatoms. The number of nitrogens with zero attached hydrogens (tertiary/aromatic N) is 1. The molecule has 184 valence electrons. The number of carbonyl (C=O) groups is 4. The van der Waals surface area contributed by atoms with Gasteiger partial charge in [-0.05, 0) is 49.9 Å². The summed E-state index contributed by atoms with van der Waals surface area (Å²) in [5.41, 5.74) is 15.7. The van der Waals surface area contributed by atoms with E-state index < -0.39 is 17.8 Å². The van der Waals surface area contributed by atoms with Crippen LogP contribution in [0, 0.1) is 0 Å². The van der Waals surface area contributed by atoms with Crippen LogP contribution in [0.2, 0.25) is 0 Å². The van der Waals surface area contributed by atoms with Crippen LogP contribution in [0.3, 0.4) is 0 Å². The number of amides is 1. The minimum atomic E-state index is -0.670. The molecule has 1 amide bonds. The molecule has 11 nitrogen and oxygen atoms in total. The smallest absolute Gasteiger partial charge is 0.340 e. The van der Waals surface area contributed by atoms with E-state index in [1.54, 1.807) is 38.1 Å². The number of hydrazine groups is 1. The molecule has 0 saturated heterocycles. The summed E-state index contributed by atoms with van der Waals surface area (Å²) in [6.07, 6.45) is 1.30. The van der Waals surface area contributed by atoms with Crippen LogP contribution in [0.1, 0.15) is 53.0 Å². The van der Waals surface area contributed by atoms with E-state index in [-0.39, 0.29) is 42.9 Å². The van der Waals surface area contributed by atoms with Crippen molar-refractivity contribution in [1.29, 1.82) is 0 Å². The van der Waals surface area contributed by atoms with Crippen molar-refractivity contribution in [3.05, 3.63) is 41.0 Å². The van der Waals surface area contributed by atoms with E-state index in [1.807, 2.05) is 0 Å². The molecule has 0 spiro atoms. The molecule has 5 N–H and O–H groups in total. The molecule has 0 aromatic carbocycles. The molecule has 0 atom stereocenters. The van der Waals surface area contributed by atoms with E-state index in [0.29, 0.717) is 36.2 Å². The van der Waals surface area contributed by atoms with Crippen LogP contribution >= 0.6 is 0 Å². The molecule has 34 heavy (non-hydrogen) atoms. The van der Waals surface area contributed by atoms with Gasteiger partial charge in [0.05, 0.1) is 36.4 Å². The Bertz CT molecular complexity index is 940. The van der Waals surface area contributed by atoms with E-state index in [1.165, 1.54) is 0 Å². The normalized spacial score (nSPS) is 10.6. The van der Waals surface area contributed by atoms with E-state index in [4.69, 9.17) is 25.8 Å². The van der Waals surface area contributed by atoms with Gasteiger partial charge in [0.25, 0.3) is 5.91 Å². The fourth-order valence-corrected chi connectivity index (χ4v) is 3.35. The van der Waals surface area contributed by atoms with Crippen LogP contribution in [-0.4, -0.2) is 55.8 Å². The van der Waals surface area contributed by atoms with Gasteiger partial charge in [0, 0.05) is 6.54 Å². The highest BCUT2D eigenvalue weighted by Crippen LogP contribution is 2.39. The van der Waals surface area contributed by atoms with E-state index in [2.05, 4.69) is 5.43 Å². The van der Waals surface area contributed by atoms with Crippen molar-refractivity contribution in [3.8, 4) is 11.1 Å². The summed E-state index contributed by atoms with van der Waals surface area (Å²) in [5.74, 6) is -1.87. The monoisotopic (exact) mass is 474 g/mol. The summed E-state index contributed by atoms with van der Waals surface area (Å²) in [7, 11) is 0. The highest BCUT2D eigenvalue weighted by atomic mass is 16.7. The lowest BCUT2D eigenvalue weighted by Crippen LogP contribution is -2.43. The predicted molar refractivity (Wildman–Crippen MR) is 123 cm³/mol. The zero-order valence-corrected chi connectivity index (χ0v) is 19.3. The SMILES string of the molecule is CCOC(=O)c1c2ccc(CC(=O)N(NCCCCN)OC=O)ccc-2c(C(=O)OCC)c1N. The minimum absolute atomic E-state index is 0.0250. The van der Waals surface area contributed by atoms with Crippen molar-refractivity contribution < 1.29 is 33.5 Å². The van der Waals surface area contributed by atoms with E-state index in [0.717, 1.165) is 11.6 Å². The Morgan fingerprint density at radius 3 is 2.00 bits per heavy atom. The number of hydrogen-bond donors (Lipinski definition) is 3. The van der Waals surface area contributed by atoms with E-state index in [9.17, 15) is 19.2 Å². The van der Waals surface area contributed by atoms with Crippen molar-refractivity contribution in [2.24, 2.45) is 5.73 Å². The number of hydroxylamine groups is 1. The van der Waals surface area contributed by atoms with Crippen molar-refractivity contribution in [1.82, 2.24) is 10.6 Å². The number of esters is 2. The molecule has 0 bridgehead atoms. The van der Waals surface area contributed by atoms with Crippen molar-refractivity contribution in [3.63, 3.8) is 0 Å². The maximum Gasteiger partial charge on any atom is 0.340 e. The second kappa shape index (κ2) is 13.1. The third-order valence-corrected chi connectivity index (χ3v) is 4.87. The average molecular weight is 475 g/mol. The number of unbranched alkanes of at least 4 members (excludes halogenated alkanes) is 1. The third-order valence-electron chi connectivity index (χ3n) is 4.87. The Balaban J connectivity index is 2.40. The average Bonchev–Trinajstić information content (AvgIpc) is 2.94. The quantitative estimate of drug-likeness (QED) is 0.167. The predicted octanol–water partition coefficient (Wildman–Crippen LogP) is 1.43. The minimum Gasteiger partial charge on any atom is -0.462 e. The number of fused-ring (bicyclic) bond motifs is 1. The maximum atomic E-state index is 12.7. The standard InChI is InChI=1S/C23H30N4O7/c1-3-32-22(30)19-16-9-7-15(8-10-17(16)20(21(19)25)23(31)33-4-2)13-18(29)27(34-14-28)26-12-6-5-11-24/h7-10,14,26H,3-6,11-13,24-25H2,1-2H3. The summed E-state index contributed by atoms with van der Waals surface area (Å²) in [6, 6.07) is 6.40. The number of hydrogen-bond acceptors (Lipinski definition) is 10. The largest absolute Gasteiger partial charge is 0.462 e. The number of carbonyl (C=O) groups excluding carboxylic acids is 4. The molecular formula is C23H30N4O7. The first-order valence-corrected chi connectivity index (χ1v) is 10.9. The third kappa shape index (κ3) is 6.42. The van der Waals surface area contributed by atoms with Gasteiger partial charge in [0.2, 0.25) is 0 Å². The molecule has 0 unspecified atom stereocenters. The first-order chi connectivity index (χ1) is 16.4. The maximum absolute atomic E-state index is 12.7. The first kappa shape index (κ1) is 26.6. The van der Waals surface area contributed by atoms with Crippen LogP contribution in [0.25, 0.3) is 11.1 Å². The molecular weight excluding hydrogens is 444 g/mol. The lowest BCUT2D eigenvalue weighted by molar-refractivity contribution is -0.199. The van der Waals surface area contributed by atoms with Crippen molar-refractivity contribution >= 4 is 30.0 Å². The van der Waals surface area contributed by atoms with Gasteiger partial charge in [0.1, 0.15) is 0 Å². The Morgan fingerprint density at radius 1 is 0.971 bits per heavy atom. The van der Waals surface area contributed by atoms with Gasteiger partial charge < -0.3 is 25.8 Å². The molecule has 0 fully saturated rings. The Hall–Kier alpha value is -3.70. The van der Waals surface area contributed by atoms with Gasteiger partial charge in [-0.15, -0.1) is 0 Å². The number of nitrogens with one attached hydrogen (secondary N) is 1. The Labute approximate surface area is 197 Å². The van der Waals surface area contributed by atoms with Gasteiger partial charge in [-0.25, -0.2) is 9.59 Å². The van der Waals surface area contributed by atoms with Gasteiger partial charge in [-0.3, -0.25) is 9.59 Å². The highest BCUT2D eigenvalue weighted by Gasteiger charge is 2.30. The molecule has 0 aliphatic heterocycles. The van der Waals surface area contributed by atoms with Gasteiger partial charge in [0.15, 0.2) is 0 Å². The van der Waals surface area contributed by atoms with E-state index >= 15 is 0 Å². The summed E-state index contributed by atoms with van der Waals surface area (Å²) in [5, 5.41) is 0.766. The first-order valence-electron chi connectivity index (χ1n) is 10.9. The van der Waals surface area contributed by atoms with Crippen molar-refractivity contribution in [2.75, 3.05) is 32.0 Å². The zero-order chi connectivity index (χ0) is 25.1. The van der Waals surface area contributed by atoms with Crippen LogP contribution < -0.4 is 16.9 Å². The Kier molecular flexibility index (Phi) is 10.2. The molecule has 0 radical (unpaired) electrons.